The van der Waals surface area contributed by atoms with Gasteiger partial charge in [0.2, 0.25) is 0 Å². The van der Waals surface area contributed by atoms with E-state index in [1.165, 1.54) is 29.7 Å². The van der Waals surface area contributed by atoms with Gasteiger partial charge in [-0.3, -0.25) is 14.3 Å². The Balaban J connectivity index is 1.43. The molecule has 3 aromatic carbocycles. The molecule has 0 saturated heterocycles. The normalized spacial score (nSPS) is 11.5. The summed E-state index contributed by atoms with van der Waals surface area (Å²) in [6, 6.07) is 29.4. The van der Waals surface area contributed by atoms with Gasteiger partial charge in [0.25, 0.3) is 5.56 Å². The lowest BCUT2D eigenvalue weighted by molar-refractivity contribution is -0.141. The molecular formula is C36H27F4N3O2S. The van der Waals surface area contributed by atoms with E-state index in [-0.39, 0.29) is 30.3 Å². The van der Waals surface area contributed by atoms with E-state index >= 15 is 4.39 Å². The molecule has 0 amide bonds. The average Bonchev–Trinajstić information content (AvgIpc) is 3.54. The van der Waals surface area contributed by atoms with E-state index < -0.39 is 17.7 Å². The Morgan fingerprint density at radius 1 is 0.826 bits per heavy atom. The summed E-state index contributed by atoms with van der Waals surface area (Å²) in [5, 5.41) is 0. The summed E-state index contributed by atoms with van der Waals surface area (Å²) in [6.45, 7) is 2.09. The van der Waals surface area contributed by atoms with Gasteiger partial charge in [0.15, 0.2) is 11.6 Å². The van der Waals surface area contributed by atoms with E-state index in [1.54, 1.807) is 35.8 Å². The minimum atomic E-state index is -4.54. The summed E-state index contributed by atoms with van der Waals surface area (Å²) in [7, 11) is 0. The van der Waals surface area contributed by atoms with Crippen molar-refractivity contribution in [2.45, 2.75) is 32.7 Å². The van der Waals surface area contributed by atoms with Crippen molar-refractivity contribution in [3.05, 3.63) is 148 Å². The van der Waals surface area contributed by atoms with Crippen LogP contribution in [0.4, 0.5) is 17.6 Å². The number of halogens is 4. The van der Waals surface area contributed by atoms with Crippen molar-refractivity contribution < 1.29 is 22.3 Å². The van der Waals surface area contributed by atoms with Gasteiger partial charge in [-0.1, -0.05) is 66.7 Å². The summed E-state index contributed by atoms with van der Waals surface area (Å²) < 4.78 is 62.0. The number of para-hydroxylation sites is 1. The van der Waals surface area contributed by atoms with Gasteiger partial charge in [0.1, 0.15) is 18.1 Å². The van der Waals surface area contributed by atoms with Crippen LogP contribution in [0.15, 0.2) is 114 Å². The Bertz CT molecular complexity index is 2020. The molecule has 3 aromatic heterocycles. The van der Waals surface area contributed by atoms with Crippen LogP contribution >= 0.6 is 11.3 Å². The molecule has 5 nitrogen and oxygen atoms in total. The lowest BCUT2D eigenvalue weighted by Gasteiger charge is -2.18. The zero-order valence-corrected chi connectivity index (χ0v) is 25.4. The highest BCUT2D eigenvalue weighted by Gasteiger charge is 2.32. The summed E-state index contributed by atoms with van der Waals surface area (Å²) >= 11 is 1.26. The summed E-state index contributed by atoms with van der Waals surface area (Å²) in [4.78, 5) is 24.0. The van der Waals surface area contributed by atoms with Crippen molar-refractivity contribution in [1.82, 2.24) is 14.5 Å². The number of rotatable bonds is 9. The highest BCUT2D eigenvalue weighted by molar-refractivity contribution is 7.18. The SMILES string of the molecule is Cc1nc(-c2cccc(F)c2OCc2ccccc2)n(CCc2ccccc2)c(=O)c1-c1ccc(-c2ccc(C(F)(F)F)nc2)s1. The third-order valence-corrected chi connectivity index (χ3v) is 8.59. The largest absolute Gasteiger partial charge is 0.485 e. The minimum absolute atomic E-state index is 0.00734. The number of aromatic nitrogens is 3. The molecule has 0 spiro atoms. The van der Waals surface area contributed by atoms with Crippen molar-refractivity contribution in [1.29, 1.82) is 0 Å². The molecule has 0 N–H and O–H groups in total. The standard InChI is InChI=1S/C36H27F4N3O2S/c1-23-32(30-17-16-29(46-30)26-15-18-31(41-21-26)36(38,39)40)35(44)43(20-19-24-9-4-2-5-10-24)34(42-23)27-13-8-14-28(37)33(27)45-22-25-11-6-3-7-12-25/h2-18,21H,19-20,22H2,1H3. The van der Waals surface area contributed by atoms with E-state index in [9.17, 15) is 18.0 Å². The van der Waals surface area contributed by atoms with Gasteiger partial charge in [-0.15, -0.1) is 11.3 Å². The van der Waals surface area contributed by atoms with Crippen LogP contribution in [0.1, 0.15) is 22.5 Å². The van der Waals surface area contributed by atoms with Crippen LogP contribution in [0.5, 0.6) is 5.75 Å². The maximum Gasteiger partial charge on any atom is 0.433 e. The number of thiophene rings is 1. The third-order valence-electron chi connectivity index (χ3n) is 7.44. The summed E-state index contributed by atoms with van der Waals surface area (Å²) in [5.74, 6) is -0.312. The van der Waals surface area contributed by atoms with Gasteiger partial charge >= 0.3 is 6.18 Å². The highest BCUT2D eigenvalue weighted by atomic mass is 32.1. The predicted octanol–water partition coefficient (Wildman–Crippen LogP) is 8.99. The molecule has 232 valence electrons. The van der Waals surface area contributed by atoms with Crippen LogP contribution in [0, 0.1) is 12.7 Å². The number of nitrogens with zero attached hydrogens (tertiary/aromatic N) is 3. The first-order chi connectivity index (χ1) is 22.2. The molecule has 0 unspecified atom stereocenters. The van der Waals surface area contributed by atoms with Crippen molar-refractivity contribution >= 4 is 11.3 Å². The molecule has 0 atom stereocenters. The second-order valence-electron chi connectivity index (χ2n) is 10.6. The van der Waals surface area contributed by atoms with Crippen LogP contribution in [-0.2, 0) is 25.7 Å². The molecule has 46 heavy (non-hydrogen) atoms. The number of alkyl halides is 3. The molecule has 0 aliphatic rings. The van der Waals surface area contributed by atoms with Crippen LogP contribution in [0.2, 0.25) is 0 Å². The van der Waals surface area contributed by atoms with Gasteiger partial charge in [-0.25, -0.2) is 9.37 Å². The van der Waals surface area contributed by atoms with Gasteiger partial charge < -0.3 is 4.74 Å². The second-order valence-corrected chi connectivity index (χ2v) is 11.7. The topological polar surface area (TPSA) is 57.0 Å². The fraction of sp³-hybridized carbons (Fsp3) is 0.139. The Hall–Kier alpha value is -5.09. The van der Waals surface area contributed by atoms with Gasteiger partial charge in [0, 0.05) is 28.1 Å². The van der Waals surface area contributed by atoms with Crippen LogP contribution < -0.4 is 10.3 Å². The maximum absolute atomic E-state index is 15.3. The van der Waals surface area contributed by atoms with Crippen molar-refractivity contribution in [2.24, 2.45) is 0 Å². The summed E-state index contributed by atoms with van der Waals surface area (Å²) in [5.41, 5.74) is 2.19. The number of benzene rings is 3. The lowest BCUT2D eigenvalue weighted by atomic mass is 10.1. The van der Waals surface area contributed by atoms with E-state index in [2.05, 4.69) is 4.98 Å². The Labute approximate surface area is 266 Å². The van der Waals surface area contributed by atoms with Crippen LogP contribution in [-0.4, -0.2) is 14.5 Å². The average molecular weight is 642 g/mol. The number of pyridine rings is 1. The molecule has 6 rings (SSSR count). The number of hydrogen-bond acceptors (Lipinski definition) is 5. The molecule has 10 heteroatoms. The van der Waals surface area contributed by atoms with Crippen molar-refractivity contribution in [2.75, 3.05) is 0 Å². The van der Waals surface area contributed by atoms with Crippen molar-refractivity contribution in [3.8, 4) is 38.0 Å². The zero-order chi connectivity index (χ0) is 32.3. The van der Waals surface area contributed by atoms with Gasteiger partial charge in [-0.05, 0) is 60.9 Å². The number of hydrogen-bond donors (Lipinski definition) is 0. The molecule has 0 aliphatic carbocycles. The molecule has 6 aromatic rings. The Morgan fingerprint density at radius 3 is 2.20 bits per heavy atom. The molecule has 0 aliphatic heterocycles. The first-order valence-corrected chi connectivity index (χ1v) is 15.3. The maximum atomic E-state index is 15.3. The number of ether oxygens (including phenoxy) is 1. The molecule has 3 heterocycles. The van der Waals surface area contributed by atoms with Crippen LogP contribution in [0.3, 0.4) is 0 Å². The Morgan fingerprint density at radius 2 is 1.52 bits per heavy atom. The van der Waals surface area contributed by atoms with Gasteiger partial charge in [-0.2, -0.15) is 13.2 Å². The molecule has 0 fully saturated rings. The fourth-order valence-electron chi connectivity index (χ4n) is 5.14. The molecular weight excluding hydrogens is 614 g/mol. The highest BCUT2D eigenvalue weighted by Crippen LogP contribution is 2.37. The second kappa shape index (κ2) is 13.1. The summed E-state index contributed by atoms with van der Waals surface area (Å²) in [6.07, 6.45) is -2.85. The Kier molecular flexibility index (Phi) is 8.81. The smallest absolute Gasteiger partial charge is 0.433 e. The van der Waals surface area contributed by atoms with E-state index in [0.717, 1.165) is 17.2 Å². The van der Waals surface area contributed by atoms with Crippen molar-refractivity contribution in [3.63, 3.8) is 0 Å². The fourth-order valence-corrected chi connectivity index (χ4v) is 6.22. The van der Waals surface area contributed by atoms with E-state index in [4.69, 9.17) is 9.72 Å². The number of aryl methyl sites for hydroxylation is 2. The third kappa shape index (κ3) is 6.62. The lowest BCUT2D eigenvalue weighted by Crippen LogP contribution is -2.27. The molecule has 0 bridgehead atoms. The van der Waals surface area contributed by atoms with Crippen LogP contribution in [0.25, 0.3) is 32.3 Å². The first kappa shape index (κ1) is 30.9. The monoisotopic (exact) mass is 641 g/mol. The van der Waals surface area contributed by atoms with Gasteiger partial charge in [0.05, 0.1) is 16.8 Å². The predicted molar refractivity (Wildman–Crippen MR) is 171 cm³/mol. The molecule has 0 radical (unpaired) electrons. The molecule has 0 saturated carbocycles. The first-order valence-electron chi connectivity index (χ1n) is 14.4. The minimum Gasteiger partial charge on any atom is -0.485 e. The van der Waals surface area contributed by atoms with E-state index in [0.29, 0.717) is 38.6 Å². The zero-order valence-electron chi connectivity index (χ0n) is 24.6. The quantitative estimate of drug-likeness (QED) is 0.148. The van der Waals surface area contributed by atoms with E-state index in [1.807, 2.05) is 60.7 Å².